The molecule has 3 rings (SSSR count). The van der Waals surface area contributed by atoms with E-state index in [2.05, 4.69) is 43.7 Å². The Balaban J connectivity index is 1.68. The Kier molecular flexibility index (Phi) is 6.31. The molecule has 2 N–H and O–H groups in total. The van der Waals surface area contributed by atoms with Crippen LogP contribution < -0.4 is 10.6 Å². The van der Waals surface area contributed by atoms with Crippen molar-refractivity contribution in [3.63, 3.8) is 0 Å². The minimum atomic E-state index is 0.0854. The molecule has 1 fully saturated rings. The van der Waals surface area contributed by atoms with E-state index in [1.54, 1.807) is 6.20 Å². The average molecular weight is 439 g/mol. The summed E-state index contributed by atoms with van der Waals surface area (Å²) in [4.78, 5) is 4.30. The van der Waals surface area contributed by atoms with Crippen molar-refractivity contribution in [2.75, 3.05) is 11.9 Å². The highest BCUT2D eigenvalue weighted by Gasteiger charge is 2.34. The van der Waals surface area contributed by atoms with Gasteiger partial charge in [0.25, 0.3) is 0 Å². The van der Waals surface area contributed by atoms with Crippen LogP contribution >= 0.6 is 39.7 Å². The molecule has 1 aromatic carbocycles. The molecule has 3 nitrogen and oxygen atoms in total. The number of halogens is 2. The van der Waals surface area contributed by atoms with E-state index in [9.17, 15) is 0 Å². The van der Waals surface area contributed by atoms with Gasteiger partial charge in [-0.2, -0.15) is 0 Å². The summed E-state index contributed by atoms with van der Waals surface area (Å²) < 4.78 is 0.944. The van der Waals surface area contributed by atoms with Gasteiger partial charge in [0.2, 0.25) is 0 Å². The van der Waals surface area contributed by atoms with Crippen LogP contribution in [-0.2, 0) is 5.41 Å². The first-order valence-electron chi connectivity index (χ1n) is 8.50. The molecule has 1 saturated carbocycles. The summed E-state index contributed by atoms with van der Waals surface area (Å²) >= 11 is 15.1. The molecular formula is C19H21BrClN3S. The summed E-state index contributed by atoms with van der Waals surface area (Å²) in [6, 6.07) is 12.1. The lowest BCUT2D eigenvalue weighted by Gasteiger charge is -2.38. The molecule has 0 spiro atoms. The fourth-order valence-corrected chi connectivity index (χ4v) is 4.08. The Labute approximate surface area is 167 Å². The molecule has 0 radical (unpaired) electrons. The molecule has 1 aliphatic carbocycles. The second kappa shape index (κ2) is 8.47. The van der Waals surface area contributed by atoms with Crippen molar-refractivity contribution in [3.8, 4) is 0 Å². The van der Waals surface area contributed by atoms with Crippen LogP contribution in [-0.4, -0.2) is 16.6 Å². The van der Waals surface area contributed by atoms with Crippen LogP contribution in [0, 0.1) is 0 Å². The van der Waals surface area contributed by atoms with E-state index >= 15 is 0 Å². The van der Waals surface area contributed by atoms with Crippen molar-refractivity contribution >= 4 is 50.7 Å². The molecular weight excluding hydrogens is 418 g/mol. The molecule has 1 aromatic heterocycles. The lowest BCUT2D eigenvalue weighted by atomic mass is 9.69. The number of thiocarbonyl (C=S) groups is 1. The van der Waals surface area contributed by atoms with Crippen molar-refractivity contribution in [2.24, 2.45) is 0 Å². The van der Waals surface area contributed by atoms with Gasteiger partial charge in [0.05, 0.1) is 0 Å². The van der Waals surface area contributed by atoms with Crippen LogP contribution in [0.5, 0.6) is 0 Å². The Morgan fingerprint density at radius 3 is 2.68 bits per heavy atom. The molecule has 6 heteroatoms. The average Bonchev–Trinajstić information content (AvgIpc) is 2.63. The molecule has 1 aliphatic rings. The monoisotopic (exact) mass is 437 g/mol. The van der Waals surface area contributed by atoms with E-state index in [0.29, 0.717) is 5.11 Å². The normalized spacial score (nSPS) is 16.2. The molecule has 132 valence electrons. The fraction of sp³-hybridized carbons (Fsp3) is 0.368. The summed E-state index contributed by atoms with van der Waals surface area (Å²) in [5, 5.41) is 7.94. The molecule has 0 aliphatic heterocycles. The van der Waals surface area contributed by atoms with E-state index in [-0.39, 0.29) is 5.41 Å². The standard InChI is InChI=1S/C19H21BrClN3S/c20-15-7-8-17(22-12-15)24-18(25)23-13-19(9-2-1-3-10-19)14-5-4-6-16(21)11-14/h4-8,11-12H,1-3,9-10,13H2,(H2,22,23,24,25). The number of pyridine rings is 1. The molecule has 25 heavy (non-hydrogen) atoms. The lowest BCUT2D eigenvalue weighted by Crippen LogP contribution is -2.43. The number of nitrogens with zero attached hydrogens (tertiary/aromatic N) is 1. The molecule has 0 atom stereocenters. The number of rotatable bonds is 4. The highest BCUT2D eigenvalue weighted by Crippen LogP contribution is 2.39. The molecule has 0 saturated heterocycles. The van der Waals surface area contributed by atoms with Gasteiger partial charge in [0, 0.05) is 27.7 Å². The van der Waals surface area contributed by atoms with Gasteiger partial charge in [-0.1, -0.05) is 43.0 Å². The topological polar surface area (TPSA) is 37.0 Å². The van der Waals surface area contributed by atoms with Crippen molar-refractivity contribution in [1.29, 1.82) is 0 Å². The number of nitrogens with one attached hydrogen (secondary N) is 2. The zero-order chi connectivity index (χ0) is 17.7. The van der Waals surface area contributed by atoms with Crippen molar-refractivity contribution in [3.05, 3.63) is 57.7 Å². The highest BCUT2D eigenvalue weighted by atomic mass is 79.9. The van der Waals surface area contributed by atoms with Gasteiger partial charge in [0.15, 0.2) is 5.11 Å². The Bertz CT molecular complexity index is 730. The van der Waals surface area contributed by atoms with E-state index in [4.69, 9.17) is 23.8 Å². The summed E-state index contributed by atoms with van der Waals surface area (Å²) in [7, 11) is 0. The van der Waals surface area contributed by atoms with Crippen molar-refractivity contribution < 1.29 is 0 Å². The first kappa shape index (κ1) is 18.6. The largest absolute Gasteiger partial charge is 0.362 e. The maximum Gasteiger partial charge on any atom is 0.171 e. The van der Waals surface area contributed by atoms with E-state index in [1.165, 1.54) is 24.8 Å². The van der Waals surface area contributed by atoms with E-state index in [1.807, 2.05) is 24.3 Å². The maximum absolute atomic E-state index is 6.24. The van der Waals surface area contributed by atoms with Crippen LogP contribution in [0.1, 0.15) is 37.7 Å². The predicted molar refractivity (Wildman–Crippen MR) is 112 cm³/mol. The van der Waals surface area contributed by atoms with Crippen molar-refractivity contribution in [2.45, 2.75) is 37.5 Å². The molecule has 0 bridgehead atoms. The number of hydrogen-bond acceptors (Lipinski definition) is 2. The quantitative estimate of drug-likeness (QED) is 0.602. The number of benzene rings is 1. The van der Waals surface area contributed by atoms with Gasteiger partial charge >= 0.3 is 0 Å². The van der Waals surface area contributed by atoms with Crippen LogP contribution in [0.2, 0.25) is 5.02 Å². The van der Waals surface area contributed by atoms with E-state index < -0.39 is 0 Å². The third kappa shape index (κ3) is 4.93. The van der Waals surface area contributed by atoms with Crippen LogP contribution in [0.15, 0.2) is 47.1 Å². The van der Waals surface area contributed by atoms with Crippen molar-refractivity contribution in [1.82, 2.24) is 10.3 Å². The molecule has 1 heterocycles. The molecule has 2 aromatic rings. The minimum Gasteiger partial charge on any atom is -0.362 e. The third-order valence-corrected chi connectivity index (χ3v) is 5.75. The smallest absolute Gasteiger partial charge is 0.171 e. The van der Waals surface area contributed by atoms with Gasteiger partial charge in [-0.15, -0.1) is 0 Å². The van der Waals surface area contributed by atoms with Gasteiger partial charge in [0.1, 0.15) is 5.82 Å². The van der Waals surface area contributed by atoms with Crippen LogP contribution in [0.4, 0.5) is 5.82 Å². The molecule has 0 unspecified atom stereocenters. The zero-order valence-corrected chi connectivity index (χ0v) is 17.1. The predicted octanol–water partition coefficient (Wildman–Crippen LogP) is 5.69. The summed E-state index contributed by atoms with van der Waals surface area (Å²) in [5.41, 5.74) is 1.39. The minimum absolute atomic E-state index is 0.0854. The summed E-state index contributed by atoms with van der Waals surface area (Å²) in [5.74, 6) is 0.737. The van der Waals surface area contributed by atoms with Gasteiger partial charge < -0.3 is 10.6 Å². The fourth-order valence-electron chi connectivity index (χ4n) is 3.47. The van der Waals surface area contributed by atoms with Gasteiger partial charge in [-0.25, -0.2) is 4.98 Å². The zero-order valence-electron chi connectivity index (χ0n) is 13.9. The second-order valence-electron chi connectivity index (χ2n) is 6.52. The second-order valence-corrected chi connectivity index (χ2v) is 8.28. The van der Waals surface area contributed by atoms with Crippen LogP contribution in [0.25, 0.3) is 0 Å². The number of anilines is 1. The van der Waals surface area contributed by atoms with Crippen LogP contribution in [0.3, 0.4) is 0 Å². The number of aromatic nitrogens is 1. The number of hydrogen-bond donors (Lipinski definition) is 2. The Morgan fingerprint density at radius 1 is 1.20 bits per heavy atom. The van der Waals surface area contributed by atoms with Gasteiger partial charge in [-0.05, 0) is 70.8 Å². The summed E-state index contributed by atoms with van der Waals surface area (Å²) in [6.45, 7) is 0.801. The first-order chi connectivity index (χ1) is 12.1. The maximum atomic E-state index is 6.24. The SMILES string of the molecule is S=C(NCC1(c2cccc(Cl)c2)CCCCC1)Nc1ccc(Br)cn1. The lowest BCUT2D eigenvalue weighted by molar-refractivity contribution is 0.292. The Hall–Kier alpha value is -1.17. The summed E-state index contributed by atoms with van der Waals surface area (Å²) in [6.07, 6.45) is 7.83. The van der Waals surface area contributed by atoms with E-state index in [0.717, 1.165) is 34.7 Å². The third-order valence-electron chi connectivity index (χ3n) is 4.80. The highest BCUT2D eigenvalue weighted by molar-refractivity contribution is 9.10. The van der Waals surface area contributed by atoms with Gasteiger partial charge in [-0.3, -0.25) is 0 Å². The molecule has 0 amide bonds. The Morgan fingerprint density at radius 2 is 2.00 bits per heavy atom. The first-order valence-corrected chi connectivity index (χ1v) is 10.1.